The van der Waals surface area contributed by atoms with Gasteiger partial charge in [-0.05, 0) is 18.6 Å². The van der Waals surface area contributed by atoms with E-state index < -0.39 is 0 Å². The van der Waals surface area contributed by atoms with Gasteiger partial charge in [0.15, 0.2) is 0 Å². The number of aryl methyl sites for hydroxylation is 1. The summed E-state index contributed by atoms with van der Waals surface area (Å²) in [6.45, 7) is 3.25. The topological polar surface area (TPSA) is 30.9 Å². The van der Waals surface area contributed by atoms with Gasteiger partial charge in [0.1, 0.15) is 0 Å². The molecule has 0 atom stereocenters. The predicted molar refractivity (Wildman–Crippen MR) is 75.5 cm³/mol. The number of hydrogen-bond acceptors (Lipinski definition) is 1. The van der Waals surface area contributed by atoms with Crippen LogP contribution in [0.1, 0.15) is 32.6 Å². The molecule has 0 radical (unpaired) electrons. The van der Waals surface area contributed by atoms with Crippen LogP contribution in [-0.2, 0) is 6.54 Å². The summed E-state index contributed by atoms with van der Waals surface area (Å²) < 4.78 is 2.21. The van der Waals surface area contributed by atoms with Gasteiger partial charge >= 0.3 is 0 Å². The molecular formula is C14H19ClN2. The highest BCUT2D eigenvalue weighted by atomic mass is 35.5. The van der Waals surface area contributed by atoms with Crippen LogP contribution in [0.3, 0.4) is 0 Å². The molecule has 2 rings (SSSR count). The molecule has 0 aliphatic carbocycles. The smallest absolute Gasteiger partial charge is 0.0682 e. The number of aromatic nitrogens is 1. The molecule has 17 heavy (non-hydrogen) atoms. The van der Waals surface area contributed by atoms with Crippen LogP contribution in [0.2, 0.25) is 5.02 Å². The Morgan fingerprint density at radius 3 is 2.82 bits per heavy atom. The van der Waals surface area contributed by atoms with Crippen LogP contribution in [-0.4, -0.2) is 4.57 Å². The molecule has 0 aliphatic rings. The van der Waals surface area contributed by atoms with Crippen LogP contribution in [0.4, 0.5) is 5.69 Å². The number of fused-ring (bicyclic) bond motifs is 1. The molecule has 0 saturated carbocycles. The lowest BCUT2D eigenvalue weighted by Crippen LogP contribution is -1.96. The Kier molecular flexibility index (Phi) is 3.95. The number of benzene rings is 1. The fraction of sp³-hybridized carbons (Fsp3) is 0.429. The maximum atomic E-state index is 6.22. The number of anilines is 1. The zero-order chi connectivity index (χ0) is 12.3. The molecule has 92 valence electrons. The van der Waals surface area contributed by atoms with E-state index in [9.17, 15) is 0 Å². The first-order valence-corrected chi connectivity index (χ1v) is 6.64. The quantitative estimate of drug-likeness (QED) is 0.617. The van der Waals surface area contributed by atoms with Crippen molar-refractivity contribution in [3.63, 3.8) is 0 Å². The van der Waals surface area contributed by atoms with Gasteiger partial charge in [-0.25, -0.2) is 0 Å². The largest absolute Gasteiger partial charge is 0.398 e. The van der Waals surface area contributed by atoms with E-state index in [1.165, 1.54) is 25.7 Å². The molecule has 1 aromatic heterocycles. The normalized spacial score (nSPS) is 11.2. The van der Waals surface area contributed by atoms with Gasteiger partial charge in [-0.1, -0.05) is 43.9 Å². The maximum absolute atomic E-state index is 6.22. The number of nitrogens with zero attached hydrogens (tertiary/aromatic N) is 1. The zero-order valence-electron chi connectivity index (χ0n) is 10.2. The van der Waals surface area contributed by atoms with E-state index in [-0.39, 0.29) is 0 Å². The van der Waals surface area contributed by atoms with Crippen molar-refractivity contribution >= 4 is 28.2 Å². The van der Waals surface area contributed by atoms with Gasteiger partial charge in [0.05, 0.1) is 10.5 Å². The van der Waals surface area contributed by atoms with Gasteiger partial charge in [-0.3, -0.25) is 0 Å². The molecule has 0 fully saturated rings. The Balaban J connectivity index is 2.21. The Morgan fingerprint density at radius 1 is 1.24 bits per heavy atom. The lowest BCUT2D eigenvalue weighted by atomic mass is 10.2. The molecule has 1 heterocycles. The van der Waals surface area contributed by atoms with E-state index in [1.807, 2.05) is 18.3 Å². The second kappa shape index (κ2) is 5.46. The predicted octanol–water partition coefficient (Wildman–Crippen LogP) is 4.46. The van der Waals surface area contributed by atoms with Gasteiger partial charge < -0.3 is 10.3 Å². The van der Waals surface area contributed by atoms with E-state index in [0.29, 0.717) is 0 Å². The summed E-state index contributed by atoms with van der Waals surface area (Å²) in [5, 5.41) is 1.75. The Morgan fingerprint density at radius 2 is 2.06 bits per heavy atom. The fourth-order valence-corrected chi connectivity index (χ4v) is 2.55. The summed E-state index contributed by atoms with van der Waals surface area (Å²) in [4.78, 5) is 0. The summed E-state index contributed by atoms with van der Waals surface area (Å²) in [6, 6.07) is 5.96. The van der Waals surface area contributed by atoms with Crippen LogP contribution >= 0.6 is 11.6 Å². The monoisotopic (exact) mass is 250 g/mol. The first kappa shape index (κ1) is 12.3. The summed E-state index contributed by atoms with van der Waals surface area (Å²) in [5.41, 5.74) is 7.86. The third-order valence-electron chi connectivity index (χ3n) is 3.14. The summed E-state index contributed by atoms with van der Waals surface area (Å²) in [5.74, 6) is 0. The van der Waals surface area contributed by atoms with Crippen molar-refractivity contribution < 1.29 is 0 Å². The molecule has 0 unspecified atom stereocenters. The standard InChI is InChI=1S/C14H19ClN2/c1-2-3-4-5-9-17-10-11(15)14-12(16)7-6-8-13(14)17/h6-8,10H,2-5,9,16H2,1H3. The molecule has 1 aromatic carbocycles. The summed E-state index contributed by atoms with van der Waals surface area (Å²) in [7, 11) is 0. The number of unbranched alkanes of at least 4 members (excludes halogenated alkanes) is 3. The number of nitrogens with two attached hydrogens (primary N) is 1. The second-order valence-electron chi connectivity index (χ2n) is 4.47. The molecule has 3 heteroatoms. The van der Waals surface area contributed by atoms with Crippen molar-refractivity contribution in [1.82, 2.24) is 4.57 Å². The maximum Gasteiger partial charge on any atom is 0.0682 e. The molecular weight excluding hydrogens is 232 g/mol. The molecule has 2 aromatic rings. The third-order valence-corrected chi connectivity index (χ3v) is 3.43. The number of hydrogen-bond donors (Lipinski definition) is 1. The molecule has 0 saturated heterocycles. The van der Waals surface area contributed by atoms with Gasteiger partial charge in [0.25, 0.3) is 0 Å². The summed E-state index contributed by atoms with van der Waals surface area (Å²) >= 11 is 6.22. The van der Waals surface area contributed by atoms with Crippen molar-refractivity contribution in [2.24, 2.45) is 0 Å². The van der Waals surface area contributed by atoms with Crippen molar-refractivity contribution in [1.29, 1.82) is 0 Å². The van der Waals surface area contributed by atoms with Crippen molar-refractivity contribution in [3.05, 3.63) is 29.4 Å². The van der Waals surface area contributed by atoms with Crippen molar-refractivity contribution in [2.75, 3.05) is 5.73 Å². The third kappa shape index (κ3) is 2.58. The van der Waals surface area contributed by atoms with Crippen molar-refractivity contribution in [2.45, 2.75) is 39.2 Å². The molecule has 0 bridgehead atoms. The minimum Gasteiger partial charge on any atom is -0.398 e. The lowest BCUT2D eigenvalue weighted by Gasteiger charge is -2.05. The second-order valence-corrected chi connectivity index (χ2v) is 4.88. The zero-order valence-corrected chi connectivity index (χ0v) is 11.0. The van der Waals surface area contributed by atoms with Gasteiger partial charge in [0, 0.05) is 23.8 Å². The Labute approximate surface area is 107 Å². The number of halogens is 1. The molecule has 2 N–H and O–H groups in total. The number of rotatable bonds is 5. The average Bonchev–Trinajstić information content (AvgIpc) is 2.63. The van der Waals surface area contributed by atoms with Gasteiger partial charge in [0.2, 0.25) is 0 Å². The SMILES string of the molecule is CCCCCCn1cc(Cl)c2c(N)cccc21. The molecule has 0 aliphatic heterocycles. The molecule has 0 amide bonds. The summed E-state index contributed by atoms with van der Waals surface area (Å²) in [6.07, 6.45) is 7.03. The number of nitrogen functional groups attached to an aromatic ring is 1. The minimum absolute atomic E-state index is 0.758. The van der Waals surface area contributed by atoms with E-state index in [1.54, 1.807) is 0 Å². The van der Waals surface area contributed by atoms with E-state index in [2.05, 4.69) is 17.6 Å². The van der Waals surface area contributed by atoms with E-state index in [0.717, 1.165) is 28.2 Å². The highest BCUT2D eigenvalue weighted by Crippen LogP contribution is 2.30. The average molecular weight is 251 g/mol. The molecule has 2 nitrogen and oxygen atoms in total. The van der Waals surface area contributed by atoms with Gasteiger partial charge in [-0.2, -0.15) is 0 Å². The molecule has 0 spiro atoms. The van der Waals surface area contributed by atoms with E-state index >= 15 is 0 Å². The minimum atomic E-state index is 0.758. The van der Waals surface area contributed by atoms with Crippen LogP contribution in [0.5, 0.6) is 0 Å². The Hall–Kier alpha value is -1.15. The highest BCUT2D eigenvalue weighted by molar-refractivity contribution is 6.36. The van der Waals surface area contributed by atoms with Crippen LogP contribution < -0.4 is 5.73 Å². The van der Waals surface area contributed by atoms with E-state index in [4.69, 9.17) is 17.3 Å². The Bertz CT molecular complexity index is 502. The van der Waals surface area contributed by atoms with Crippen LogP contribution in [0.25, 0.3) is 10.9 Å². The highest BCUT2D eigenvalue weighted by Gasteiger charge is 2.08. The van der Waals surface area contributed by atoms with Gasteiger partial charge in [-0.15, -0.1) is 0 Å². The van der Waals surface area contributed by atoms with Crippen molar-refractivity contribution in [3.8, 4) is 0 Å². The van der Waals surface area contributed by atoms with Crippen LogP contribution in [0, 0.1) is 0 Å². The lowest BCUT2D eigenvalue weighted by molar-refractivity contribution is 0.594. The first-order chi connectivity index (χ1) is 8.24. The fourth-order valence-electron chi connectivity index (χ4n) is 2.22. The first-order valence-electron chi connectivity index (χ1n) is 6.27. The van der Waals surface area contributed by atoms with Crippen LogP contribution in [0.15, 0.2) is 24.4 Å².